The van der Waals surface area contributed by atoms with E-state index in [9.17, 15) is 9.59 Å². The monoisotopic (exact) mass is 462 g/mol. The fourth-order valence-corrected chi connectivity index (χ4v) is 5.01. The predicted molar refractivity (Wildman–Crippen MR) is 125 cm³/mol. The molecule has 168 valence electrons. The van der Waals surface area contributed by atoms with Crippen LogP contribution in [0.25, 0.3) is 0 Å². The van der Waals surface area contributed by atoms with Crippen LogP contribution in [-0.4, -0.2) is 30.6 Å². The summed E-state index contributed by atoms with van der Waals surface area (Å²) in [6.45, 7) is 3.86. The van der Waals surface area contributed by atoms with E-state index < -0.39 is 17.4 Å². The third-order valence-electron chi connectivity index (χ3n) is 5.73. The van der Waals surface area contributed by atoms with E-state index >= 15 is 0 Å². The molecule has 0 unspecified atom stereocenters. The molecule has 0 radical (unpaired) electrons. The average Bonchev–Trinajstić information content (AvgIpc) is 3.53. The second kappa shape index (κ2) is 8.04. The van der Waals surface area contributed by atoms with Crippen molar-refractivity contribution >= 4 is 34.4 Å². The Morgan fingerprint density at radius 3 is 2.70 bits per heavy atom. The van der Waals surface area contributed by atoms with Gasteiger partial charge in [-0.2, -0.15) is 0 Å². The van der Waals surface area contributed by atoms with Crippen LogP contribution in [0.4, 0.5) is 5.69 Å². The van der Waals surface area contributed by atoms with Gasteiger partial charge < -0.3 is 19.6 Å². The lowest BCUT2D eigenvalue weighted by molar-refractivity contribution is -0.140. The molecule has 3 aromatic rings. The molecule has 5 rings (SSSR count). The van der Waals surface area contributed by atoms with E-state index in [4.69, 9.17) is 14.3 Å². The number of thiophene rings is 1. The molecule has 0 saturated heterocycles. The fraction of sp³-hybridized carbons (Fsp3) is 0.240. The molecule has 7 nitrogen and oxygen atoms in total. The number of amides is 1. The van der Waals surface area contributed by atoms with Crippen molar-refractivity contribution in [2.45, 2.75) is 25.6 Å². The van der Waals surface area contributed by atoms with Crippen molar-refractivity contribution in [3.8, 4) is 11.5 Å². The molecule has 0 bridgehead atoms. The second-order valence-corrected chi connectivity index (χ2v) is 9.06. The molecule has 1 amide bonds. The number of ether oxygens (including phenoxy) is 2. The summed E-state index contributed by atoms with van der Waals surface area (Å²) in [4.78, 5) is 33.5. The molecule has 2 atom stereocenters. The smallest absolute Gasteiger partial charge is 0.277 e. The van der Waals surface area contributed by atoms with Crippen LogP contribution in [-0.2, 0) is 15.2 Å². The summed E-state index contributed by atoms with van der Waals surface area (Å²) < 4.78 is 11.3. The van der Waals surface area contributed by atoms with Gasteiger partial charge in [0.05, 0.1) is 18.1 Å². The van der Waals surface area contributed by atoms with E-state index in [0.29, 0.717) is 38.9 Å². The minimum absolute atomic E-state index is 0.0352. The molecule has 33 heavy (non-hydrogen) atoms. The summed E-state index contributed by atoms with van der Waals surface area (Å²) in [6.07, 6.45) is -0.0352. The van der Waals surface area contributed by atoms with Gasteiger partial charge in [0.15, 0.2) is 17.3 Å². The van der Waals surface area contributed by atoms with Crippen molar-refractivity contribution in [3.63, 3.8) is 0 Å². The molecule has 3 heterocycles. The molecule has 1 aromatic heterocycles. The number of benzene rings is 2. The number of para-hydroxylation sites is 1. The van der Waals surface area contributed by atoms with E-state index in [0.717, 1.165) is 0 Å². The van der Waals surface area contributed by atoms with Gasteiger partial charge in [0.2, 0.25) is 0 Å². The van der Waals surface area contributed by atoms with Crippen molar-refractivity contribution in [2.24, 2.45) is 11.1 Å². The van der Waals surface area contributed by atoms with E-state index in [-0.39, 0.29) is 11.9 Å². The topological polar surface area (TPSA) is 86.2 Å². The number of anilines is 1. The van der Waals surface area contributed by atoms with Gasteiger partial charge in [-0.1, -0.05) is 29.4 Å². The zero-order chi connectivity index (χ0) is 23.2. The molecule has 2 aliphatic rings. The normalized spacial score (nSPS) is 20.9. The average molecular weight is 463 g/mol. The summed E-state index contributed by atoms with van der Waals surface area (Å²) in [5.41, 5.74) is 0.617. The van der Waals surface area contributed by atoms with Crippen LogP contribution in [0.2, 0.25) is 0 Å². The summed E-state index contributed by atoms with van der Waals surface area (Å²) in [6, 6.07) is 16.1. The molecular weight excluding hydrogens is 440 g/mol. The number of fused-ring (bicyclic) bond motifs is 2. The van der Waals surface area contributed by atoms with Crippen LogP contribution in [0.1, 0.15) is 34.6 Å². The van der Waals surface area contributed by atoms with Crippen LogP contribution >= 0.6 is 11.3 Å². The predicted octanol–water partition coefficient (Wildman–Crippen LogP) is 4.62. The maximum Gasteiger partial charge on any atom is 0.277 e. The number of rotatable bonds is 6. The number of oxime groups is 1. The summed E-state index contributed by atoms with van der Waals surface area (Å²) in [5.74, 6) is -0.529. The number of methoxy groups -OCH3 is 1. The van der Waals surface area contributed by atoms with Crippen molar-refractivity contribution in [3.05, 3.63) is 76.0 Å². The van der Waals surface area contributed by atoms with E-state index in [1.165, 1.54) is 11.3 Å². The molecule has 2 aliphatic heterocycles. The molecule has 8 heteroatoms. The minimum atomic E-state index is -1.58. The van der Waals surface area contributed by atoms with Gasteiger partial charge in [-0.15, -0.1) is 11.3 Å². The third kappa shape index (κ3) is 3.29. The Bertz CT molecular complexity index is 1270. The number of hydrogen-bond acceptors (Lipinski definition) is 7. The molecular formula is C25H22N2O5S. The Morgan fingerprint density at radius 2 is 1.97 bits per heavy atom. The summed E-state index contributed by atoms with van der Waals surface area (Å²) >= 11 is 1.32. The molecule has 0 fully saturated rings. The van der Waals surface area contributed by atoms with Gasteiger partial charge in [0.25, 0.3) is 11.5 Å². The first-order chi connectivity index (χ1) is 16.0. The lowest BCUT2D eigenvalue weighted by atomic mass is 9.75. The lowest BCUT2D eigenvalue weighted by Gasteiger charge is -2.26. The Hall–Kier alpha value is -3.65. The van der Waals surface area contributed by atoms with E-state index in [1.54, 1.807) is 49.6 Å². The maximum absolute atomic E-state index is 13.8. The Kier molecular flexibility index (Phi) is 5.17. The number of ketones is 1. The highest BCUT2D eigenvalue weighted by atomic mass is 32.1. The summed E-state index contributed by atoms with van der Waals surface area (Å²) in [7, 11) is 1.55. The molecule has 1 N–H and O–H groups in total. The van der Waals surface area contributed by atoms with Crippen molar-refractivity contribution in [1.29, 1.82) is 0 Å². The van der Waals surface area contributed by atoms with E-state index in [1.807, 2.05) is 31.4 Å². The van der Waals surface area contributed by atoms with Gasteiger partial charge >= 0.3 is 0 Å². The Labute approximate surface area is 195 Å². The number of nitrogens with zero attached hydrogens (tertiary/aromatic N) is 1. The van der Waals surface area contributed by atoms with Gasteiger partial charge in [-0.3, -0.25) is 9.59 Å². The highest BCUT2D eigenvalue weighted by Gasteiger charge is 2.63. The SMILES string of the molecule is COc1cc(C2=NO[C@]3(C(=O)Nc4ccccc43)[C@@H]2C(=O)c2cccs2)ccc1OC(C)C. The van der Waals surface area contributed by atoms with Crippen LogP contribution in [0.5, 0.6) is 11.5 Å². The largest absolute Gasteiger partial charge is 0.493 e. The standard InChI is InChI=1S/C25H22N2O5S/c1-14(2)31-18-11-10-15(13-19(18)30-3)22-21(23(28)20-9-6-12-33-20)25(32-27-22)16-7-4-5-8-17(16)26-24(25)29/h4-14,21H,1-3H3,(H,26,29)/t21-,25-/m0/s1. The number of carbonyl (C=O) groups is 2. The quantitative estimate of drug-likeness (QED) is 0.540. The number of nitrogens with one attached hydrogen (secondary N) is 1. The lowest BCUT2D eigenvalue weighted by Crippen LogP contribution is -2.46. The van der Waals surface area contributed by atoms with Crippen molar-refractivity contribution in [2.75, 3.05) is 12.4 Å². The molecule has 0 aliphatic carbocycles. The Morgan fingerprint density at radius 1 is 1.15 bits per heavy atom. The zero-order valence-corrected chi connectivity index (χ0v) is 19.1. The fourth-order valence-electron chi connectivity index (χ4n) is 4.32. The molecule has 1 spiro atoms. The van der Waals surface area contributed by atoms with Crippen molar-refractivity contribution in [1.82, 2.24) is 0 Å². The minimum Gasteiger partial charge on any atom is -0.493 e. The number of carbonyl (C=O) groups excluding carboxylic acids is 2. The first kappa shape index (κ1) is 21.2. The maximum atomic E-state index is 13.8. The first-order valence-electron chi connectivity index (χ1n) is 10.6. The Balaban J connectivity index is 1.64. The highest BCUT2D eigenvalue weighted by Crippen LogP contribution is 2.50. The first-order valence-corrected chi connectivity index (χ1v) is 11.4. The van der Waals surface area contributed by atoms with Crippen LogP contribution in [0.3, 0.4) is 0 Å². The zero-order valence-electron chi connectivity index (χ0n) is 18.3. The molecule has 2 aromatic carbocycles. The van der Waals surface area contributed by atoms with Gasteiger partial charge in [0, 0.05) is 16.8 Å². The van der Waals surface area contributed by atoms with Crippen LogP contribution in [0, 0.1) is 5.92 Å². The van der Waals surface area contributed by atoms with Gasteiger partial charge in [0.1, 0.15) is 11.6 Å². The number of Topliss-reactive ketones (excluding diaryl/α,β-unsaturated/α-hetero) is 1. The van der Waals surface area contributed by atoms with Gasteiger partial charge in [-0.05, 0) is 49.6 Å². The number of hydrogen-bond donors (Lipinski definition) is 1. The van der Waals surface area contributed by atoms with Crippen LogP contribution in [0.15, 0.2) is 65.1 Å². The summed E-state index contributed by atoms with van der Waals surface area (Å²) in [5, 5.41) is 9.00. The highest BCUT2D eigenvalue weighted by molar-refractivity contribution is 7.12. The van der Waals surface area contributed by atoms with Crippen molar-refractivity contribution < 1.29 is 23.9 Å². The van der Waals surface area contributed by atoms with Gasteiger partial charge in [-0.25, -0.2) is 0 Å². The second-order valence-electron chi connectivity index (χ2n) is 8.11. The molecule has 0 saturated carbocycles. The van der Waals surface area contributed by atoms with Crippen LogP contribution < -0.4 is 14.8 Å². The van der Waals surface area contributed by atoms with E-state index in [2.05, 4.69) is 10.5 Å². The third-order valence-corrected chi connectivity index (χ3v) is 6.61.